The summed E-state index contributed by atoms with van der Waals surface area (Å²) in [5.74, 6) is -0.351. The van der Waals surface area contributed by atoms with Crippen LogP contribution in [-0.2, 0) is 13.6 Å². The number of aliphatic hydroxyl groups is 1. The zero-order valence-electron chi connectivity index (χ0n) is 11.0. The average molecular weight is 275 g/mol. The maximum Gasteiger partial charge on any atom is 0.277 e. The van der Waals surface area contributed by atoms with Crippen molar-refractivity contribution in [2.45, 2.75) is 13.0 Å². The Morgan fingerprint density at radius 1 is 1.40 bits per heavy atom. The van der Waals surface area contributed by atoms with Crippen molar-refractivity contribution in [2.75, 3.05) is 6.61 Å². The third-order valence-corrected chi connectivity index (χ3v) is 3.48. The number of benzene rings is 1. The first kappa shape index (κ1) is 12.8. The van der Waals surface area contributed by atoms with Gasteiger partial charge in [0.1, 0.15) is 16.9 Å². The Balaban J connectivity index is 2.35. The highest BCUT2D eigenvalue weighted by Crippen LogP contribution is 2.24. The fourth-order valence-electron chi connectivity index (χ4n) is 2.49. The van der Waals surface area contributed by atoms with Gasteiger partial charge < -0.3 is 9.67 Å². The smallest absolute Gasteiger partial charge is 0.277 e. The largest absolute Gasteiger partial charge is 0.396 e. The third kappa shape index (κ3) is 1.80. The molecule has 20 heavy (non-hydrogen) atoms. The predicted octanol–water partition coefficient (Wildman–Crippen LogP) is 1.41. The molecule has 104 valence electrons. The molecule has 0 saturated carbocycles. The number of fused-ring (bicyclic) bond motifs is 3. The lowest BCUT2D eigenvalue weighted by Gasteiger charge is -2.04. The van der Waals surface area contributed by atoms with Gasteiger partial charge in [0.25, 0.3) is 5.56 Å². The van der Waals surface area contributed by atoms with Crippen LogP contribution in [0.5, 0.6) is 0 Å². The van der Waals surface area contributed by atoms with Crippen LogP contribution in [0.15, 0.2) is 29.3 Å². The molecule has 2 aromatic heterocycles. The fraction of sp³-hybridized carbons (Fsp3) is 0.286. The zero-order chi connectivity index (χ0) is 14.3. The SMILES string of the molecule is Cn1c2ccc(F)cc2c2ncn(CCCO)c(=O)c21. The molecule has 0 aliphatic rings. The second kappa shape index (κ2) is 4.72. The van der Waals surface area contributed by atoms with Gasteiger partial charge in [0.2, 0.25) is 0 Å². The number of aromatic nitrogens is 3. The van der Waals surface area contributed by atoms with Crippen LogP contribution in [-0.4, -0.2) is 25.8 Å². The molecule has 2 heterocycles. The maximum atomic E-state index is 13.4. The van der Waals surface area contributed by atoms with Crippen LogP contribution >= 0.6 is 0 Å². The number of aliphatic hydroxyl groups excluding tert-OH is 1. The first-order valence-electron chi connectivity index (χ1n) is 6.37. The topological polar surface area (TPSA) is 60.1 Å². The molecule has 3 rings (SSSR count). The zero-order valence-corrected chi connectivity index (χ0v) is 11.0. The third-order valence-electron chi connectivity index (χ3n) is 3.48. The number of nitrogens with zero attached hydrogens (tertiary/aromatic N) is 3. The Labute approximate surface area is 113 Å². The second-order valence-electron chi connectivity index (χ2n) is 4.74. The molecular formula is C14H14FN3O2. The Bertz CT molecular complexity index is 851. The number of rotatable bonds is 3. The molecule has 0 radical (unpaired) electrons. The van der Waals surface area contributed by atoms with Crippen molar-refractivity contribution in [2.24, 2.45) is 7.05 Å². The van der Waals surface area contributed by atoms with Gasteiger partial charge in [-0.15, -0.1) is 0 Å². The van der Waals surface area contributed by atoms with Crippen LogP contribution in [0.4, 0.5) is 4.39 Å². The summed E-state index contributed by atoms with van der Waals surface area (Å²) in [5, 5.41) is 9.48. The second-order valence-corrected chi connectivity index (χ2v) is 4.74. The minimum atomic E-state index is -0.351. The van der Waals surface area contributed by atoms with E-state index < -0.39 is 0 Å². The van der Waals surface area contributed by atoms with E-state index >= 15 is 0 Å². The van der Waals surface area contributed by atoms with Gasteiger partial charge in [0.15, 0.2) is 0 Å². The van der Waals surface area contributed by atoms with Crippen LogP contribution in [0.25, 0.3) is 21.9 Å². The first-order chi connectivity index (χ1) is 9.63. The van der Waals surface area contributed by atoms with Gasteiger partial charge in [-0.25, -0.2) is 9.37 Å². The Kier molecular flexibility index (Phi) is 3.02. The van der Waals surface area contributed by atoms with E-state index in [9.17, 15) is 9.18 Å². The van der Waals surface area contributed by atoms with Crippen LogP contribution in [0.3, 0.4) is 0 Å². The van der Waals surface area contributed by atoms with Crippen molar-refractivity contribution < 1.29 is 9.50 Å². The molecule has 3 aromatic rings. The van der Waals surface area contributed by atoms with E-state index in [2.05, 4.69) is 4.98 Å². The number of hydrogen-bond acceptors (Lipinski definition) is 3. The molecule has 0 aliphatic carbocycles. The monoisotopic (exact) mass is 275 g/mol. The molecule has 0 saturated heterocycles. The van der Waals surface area contributed by atoms with Gasteiger partial charge >= 0.3 is 0 Å². The molecule has 1 aromatic carbocycles. The van der Waals surface area contributed by atoms with E-state index in [1.807, 2.05) is 0 Å². The standard InChI is InChI=1S/C14H14FN3O2/c1-17-11-4-3-9(15)7-10(11)12-13(17)14(20)18(8-16-12)5-2-6-19/h3-4,7-8,19H,2,5-6H2,1H3. The van der Waals surface area contributed by atoms with Gasteiger partial charge in [0, 0.05) is 25.6 Å². The number of hydrogen-bond donors (Lipinski definition) is 1. The first-order valence-corrected chi connectivity index (χ1v) is 6.37. The summed E-state index contributed by atoms with van der Waals surface area (Å²) < 4.78 is 16.6. The summed E-state index contributed by atoms with van der Waals surface area (Å²) in [6.07, 6.45) is 1.94. The summed E-state index contributed by atoms with van der Waals surface area (Å²) in [6, 6.07) is 4.40. The van der Waals surface area contributed by atoms with Crippen LogP contribution in [0.1, 0.15) is 6.42 Å². The molecule has 6 heteroatoms. The lowest BCUT2D eigenvalue weighted by molar-refractivity contribution is 0.279. The molecule has 0 spiro atoms. The summed E-state index contributed by atoms with van der Waals surface area (Å²) >= 11 is 0. The van der Waals surface area contributed by atoms with Crippen LogP contribution in [0, 0.1) is 5.82 Å². The molecule has 0 aliphatic heterocycles. The van der Waals surface area contributed by atoms with Crippen molar-refractivity contribution >= 4 is 21.9 Å². The highest BCUT2D eigenvalue weighted by molar-refractivity contribution is 6.05. The number of aryl methyl sites for hydroxylation is 2. The van der Waals surface area contributed by atoms with Crippen molar-refractivity contribution in [1.29, 1.82) is 0 Å². The molecule has 0 bridgehead atoms. The lowest BCUT2D eigenvalue weighted by atomic mass is 10.2. The predicted molar refractivity (Wildman–Crippen MR) is 74.1 cm³/mol. The molecular weight excluding hydrogens is 261 g/mol. The van der Waals surface area contributed by atoms with E-state index in [4.69, 9.17) is 5.11 Å². The van der Waals surface area contributed by atoms with Crippen molar-refractivity contribution in [3.63, 3.8) is 0 Å². The van der Waals surface area contributed by atoms with Gasteiger partial charge in [-0.2, -0.15) is 0 Å². The van der Waals surface area contributed by atoms with Crippen molar-refractivity contribution in [1.82, 2.24) is 14.1 Å². The Morgan fingerprint density at radius 3 is 2.95 bits per heavy atom. The maximum absolute atomic E-state index is 13.4. The summed E-state index contributed by atoms with van der Waals surface area (Å²) in [6.45, 7) is 0.430. The average Bonchev–Trinajstić information content (AvgIpc) is 2.71. The highest BCUT2D eigenvalue weighted by Gasteiger charge is 2.14. The number of halogens is 1. The molecule has 0 amide bonds. The van der Waals surface area contributed by atoms with E-state index in [-0.39, 0.29) is 18.0 Å². The molecule has 5 nitrogen and oxygen atoms in total. The fourth-order valence-corrected chi connectivity index (χ4v) is 2.49. The summed E-state index contributed by atoms with van der Waals surface area (Å²) in [5.41, 5.74) is 1.55. The van der Waals surface area contributed by atoms with Gasteiger partial charge in [-0.3, -0.25) is 9.36 Å². The van der Waals surface area contributed by atoms with Gasteiger partial charge in [-0.05, 0) is 24.6 Å². The molecule has 0 unspecified atom stereocenters. The molecule has 0 fully saturated rings. The van der Waals surface area contributed by atoms with E-state index in [0.29, 0.717) is 29.4 Å². The van der Waals surface area contributed by atoms with E-state index in [1.54, 1.807) is 17.7 Å². The highest BCUT2D eigenvalue weighted by atomic mass is 19.1. The lowest BCUT2D eigenvalue weighted by Crippen LogP contribution is -2.22. The van der Waals surface area contributed by atoms with Crippen molar-refractivity contribution in [3.8, 4) is 0 Å². The van der Waals surface area contributed by atoms with Gasteiger partial charge in [0.05, 0.1) is 11.8 Å². The Morgan fingerprint density at radius 2 is 2.20 bits per heavy atom. The minimum absolute atomic E-state index is 0.0187. The van der Waals surface area contributed by atoms with Gasteiger partial charge in [-0.1, -0.05) is 0 Å². The minimum Gasteiger partial charge on any atom is -0.396 e. The summed E-state index contributed by atoms with van der Waals surface area (Å²) in [7, 11) is 1.77. The normalized spacial score (nSPS) is 11.6. The molecule has 0 atom stereocenters. The summed E-state index contributed by atoms with van der Waals surface area (Å²) in [4.78, 5) is 16.7. The van der Waals surface area contributed by atoms with Crippen molar-refractivity contribution in [3.05, 3.63) is 40.7 Å². The molecule has 1 N–H and O–H groups in total. The van der Waals surface area contributed by atoms with Crippen LogP contribution < -0.4 is 5.56 Å². The van der Waals surface area contributed by atoms with E-state index in [0.717, 1.165) is 5.52 Å². The quantitative estimate of drug-likeness (QED) is 0.786. The van der Waals surface area contributed by atoms with E-state index in [1.165, 1.54) is 23.0 Å². The Hall–Kier alpha value is -2.21. The van der Waals surface area contributed by atoms with Crippen LogP contribution in [0.2, 0.25) is 0 Å².